The summed E-state index contributed by atoms with van der Waals surface area (Å²) in [6, 6.07) is 32.2. The summed E-state index contributed by atoms with van der Waals surface area (Å²) >= 11 is 1.51. The van der Waals surface area contributed by atoms with Crippen LogP contribution in [0.15, 0.2) is 102 Å². The molecule has 9 heteroatoms. The Kier molecular flexibility index (Phi) is 10.1. The standard InChI is InChI=1S/C37H37N3O5S/c1-42-31-15-14-30(34(20-31)43-2)23-39(21-29-13-16-33-35(19-29)45-26-44-33)24-36-38-32(25-46-36)37(41)40(22-28-11-7-4-8-12-28)18-17-27-9-5-3-6-10-27/h3-16,19-20,25H,17-18,21-24,26H2,1-2H3. The highest BCUT2D eigenvalue weighted by Crippen LogP contribution is 2.34. The highest BCUT2D eigenvalue weighted by atomic mass is 32.1. The first kappa shape index (κ1) is 31.1. The van der Waals surface area contributed by atoms with E-state index >= 15 is 0 Å². The van der Waals surface area contributed by atoms with Crippen LogP contribution in [-0.4, -0.2) is 48.2 Å². The van der Waals surface area contributed by atoms with Crippen LogP contribution in [0.3, 0.4) is 0 Å². The zero-order chi connectivity index (χ0) is 31.7. The predicted octanol–water partition coefficient (Wildman–Crippen LogP) is 6.98. The molecule has 0 aliphatic carbocycles. The van der Waals surface area contributed by atoms with Crippen LogP contribution >= 0.6 is 11.3 Å². The number of fused-ring (bicyclic) bond motifs is 1. The molecule has 6 rings (SSSR count). The summed E-state index contributed by atoms with van der Waals surface area (Å²) in [7, 11) is 3.31. The molecule has 0 saturated heterocycles. The van der Waals surface area contributed by atoms with Gasteiger partial charge in [-0.05, 0) is 41.3 Å². The number of hydrogen-bond acceptors (Lipinski definition) is 8. The summed E-state index contributed by atoms with van der Waals surface area (Å²) in [5.74, 6) is 2.91. The molecule has 0 atom stereocenters. The van der Waals surface area contributed by atoms with Crippen LogP contribution in [-0.2, 0) is 32.6 Å². The van der Waals surface area contributed by atoms with Gasteiger partial charge in [-0.3, -0.25) is 9.69 Å². The first-order valence-electron chi connectivity index (χ1n) is 15.2. The van der Waals surface area contributed by atoms with Crippen molar-refractivity contribution in [3.8, 4) is 23.0 Å². The molecule has 1 aliphatic rings. The number of hydrogen-bond donors (Lipinski definition) is 0. The Morgan fingerprint density at radius 3 is 2.30 bits per heavy atom. The minimum Gasteiger partial charge on any atom is -0.497 e. The van der Waals surface area contributed by atoms with Crippen molar-refractivity contribution in [1.29, 1.82) is 0 Å². The maximum Gasteiger partial charge on any atom is 0.273 e. The average Bonchev–Trinajstić information content (AvgIpc) is 3.77. The Bertz CT molecular complexity index is 1740. The van der Waals surface area contributed by atoms with E-state index in [4.69, 9.17) is 23.9 Å². The third-order valence-electron chi connectivity index (χ3n) is 7.88. The third-order valence-corrected chi connectivity index (χ3v) is 8.71. The highest BCUT2D eigenvalue weighted by Gasteiger charge is 2.22. The van der Waals surface area contributed by atoms with E-state index in [9.17, 15) is 4.79 Å². The van der Waals surface area contributed by atoms with Crippen LogP contribution in [0.2, 0.25) is 0 Å². The van der Waals surface area contributed by atoms with Gasteiger partial charge < -0.3 is 23.8 Å². The van der Waals surface area contributed by atoms with Crippen molar-refractivity contribution < 1.29 is 23.7 Å². The normalized spacial score (nSPS) is 11.9. The van der Waals surface area contributed by atoms with E-state index in [1.807, 2.05) is 77.0 Å². The third kappa shape index (κ3) is 7.85. The molecule has 0 fully saturated rings. The smallest absolute Gasteiger partial charge is 0.273 e. The molecule has 46 heavy (non-hydrogen) atoms. The van der Waals surface area contributed by atoms with E-state index in [1.165, 1.54) is 16.9 Å². The number of aromatic nitrogens is 1. The number of amides is 1. The van der Waals surface area contributed by atoms with Crippen molar-refractivity contribution in [1.82, 2.24) is 14.8 Å². The molecule has 1 aliphatic heterocycles. The van der Waals surface area contributed by atoms with Crippen LogP contribution in [0.25, 0.3) is 0 Å². The first-order chi connectivity index (χ1) is 22.6. The van der Waals surface area contributed by atoms with Gasteiger partial charge in [-0.15, -0.1) is 11.3 Å². The fraction of sp³-hybridized carbons (Fsp3) is 0.243. The lowest BCUT2D eigenvalue weighted by Crippen LogP contribution is -2.33. The Labute approximate surface area is 273 Å². The van der Waals surface area contributed by atoms with Gasteiger partial charge in [0, 0.05) is 43.2 Å². The number of methoxy groups -OCH3 is 2. The maximum atomic E-state index is 13.9. The van der Waals surface area contributed by atoms with Crippen molar-refractivity contribution in [2.24, 2.45) is 0 Å². The number of thiazole rings is 1. The van der Waals surface area contributed by atoms with Crippen molar-refractivity contribution in [2.75, 3.05) is 27.6 Å². The molecule has 2 heterocycles. The highest BCUT2D eigenvalue weighted by molar-refractivity contribution is 7.09. The lowest BCUT2D eigenvalue weighted by molar-refractivity contribution is 0.0739. The van der Waals surface area contributed by atoms with Gasteiger partial charge in [0.25, 0.3) is 5.91 Å². The summed E-state index contributed by atoms with van der Waals surface area (Å²) in [6.45, 7) is 3.12. The molecular formula is C37H37N3O5S. The van der Waals surface area contributed by atoms with Gasteiger partial charge in [0.15, 0.2) is 11.5 Å². The summed E-state index contributed by atoms with van der Waals surface area (Å²) in [5, 5.41) is 2.74. The van der Waals surface area contributed by atoms with Gasteiger partial charge >= 0.3 is 0 Å². The van der Waals surface area contributed by atoms with Crippen molar-refractivity contribution in [3.05, 3.63) is 135 Å². The lowest BCUT2D eigenvalue weighted by Gasteiger charge is -2.23. The minimum atomic E-state index is -0.0681. The largest absolute Gasteiger partial charge is 0.497 e. The van der Waals surface area contributed by atoms with Crippen LogP contribution in [0.1, 0.15) is 37.7 Å². The molecule has 0 spiro atoms. The molecule has 0 radical (unpaired) electrons. The quantitative estimate of drug-likeness (QED) is 0.130. The predicted molar refractivity (Wildman–Crippen MR) is 179 cm³/mol. The Morgan fingerprint density at radius 2 is 1.54 bits per heavy atom. The average molecular weight is 636 g/mol. The van der Waals surface area contributed by atoms with Gasteiger partial charge in [0.1, 0.15) is 22.2 Å². The number of ether oxygens (including phenoxy) is 4. The second-order valence-corrected chi connectivity index (χ2v) is 12.0. The number of nitrogens with zero attached hydrogens (tertiary/aromatic N) is 3. The second kappa shape index (κ2) is 14.9. The van der Waals surface area contributed by atoms with E-state index in [1.54, 1.807) is 14.2 Å². The molecule has 0 unspecified atom stereocenters. The monoisotopic (exact) mass is 635 g/mol. The molecule has 8 nitrogen and oxygen atoms in total. The van der Waals surface area contributed by atoms with Gasteiger partial charge in [-0.25, -0.2) is 4.98 Å². The number of carbonyl (C=O) groups is 1. The Morgan fingerprint density at radius 1 is 0.783 bits per heavy atom. The summed E-state index contributed by atoms with van der Waals surface area (Å²) in [6.07, 6.45) is 0.767. The van der Waals surface area contributed by atoms with E-state index < -0.39 is 0 Å². The zero-order valence-corrected chi connectivity index (χ0v) is 26.9. The van der Waals surface area contributed by atoms with Gasteiger partial charge in [0.2, 0.25) is 6.79 Å². The van der Waals surface area contributed by atoms with Gasteiger partial charge in [-0.2, -0.15) is 0 Å². The molecule has 0 N–H and O–H groups in total. The molecule has 1 amide bonds. The van der Waals surface area contributed by atoms with Crippen molar-refractivity contribution in [3.63, 3.8) is 0 Å². The van der Waals surface area contributed by atoms with Gasteiger partial charge in [-0.1, -0.05) is 72.8 Å². The number of rotatable bonds is 14. The second-order valence-electron chi connectivity index (χ2n) is 11.1. The van der Waals surface area contributed by atoms with Crippen molar-refractivity contribution in [2.45, 2.75) is 32.6 Å². The molecular weight excluding hydrogens is 598 g/mol. The summed E-state index contributed by atoms with van der Waals surface area (Å²) in [4.78, 5) is 23.0. The molecule has 236 valence electrons. The SMILES string of the molecule is COc1ccc(CN(Cc2ccc3c(c2)OCO3)Cc2nc(C(=O)N(CCc3ccccc3)Cc3ccccc3)cs2)c(OC)c1. The van der Waals surface area contributed by atoms with Crippen LogP contribution < -0.4 is 18.9 Å². The first-order valence-corrected chi connectivity index (χ1v) is 16.1. The number of carbonyl (C=O) groups excluding carboxylic acids is 1. The molecule has 5 aromatic rings. The lowest BCUT2D eigenvalue weighted by atomic mass is 10.1. The maximum absolute atomic E-state index is 13.9. The van der Waals surface area contributed by atoms with Crippen LogP contribution in [0.5, 0.6) is 23.0 Å². The topological polar surface area (TPSA) is 73.4 Å². The Hall–Kier alpha value is -4.86. The fourth-order valence-corrected chi connectivity index (χ4v) is 6.30. The summed E-state index contributed by atoms with van der Waals surface area (Å²) < 4.78 is 22.3. The van der Waals surface area contributed by atoms with E-state index in [0.29, 0.717) is 38.4 Å². The van der Waals surface area contributed by atoms with Crippen molar-refractivity contribution >= 4 is 17.2 Å². The summed E-state index contributed by atoms with van der Waals surface area (Å²) in [5.41, 5.74) is 4.85. The van der Waals surface area contributed by atoms with E-state index in [-0.39, 0.29) is 12.7 Å². The van der Waals surface area contributed by atoms with Crippen LogP contribution in [0.4, 0.5) is 0 Å². The Balaban J connectivity index is 1.22. The number of benzene rings is 4. The molecule has 0 bridgehead atoms. The molecule has 0 saturated carbocycles. The van der Waals surface area contributed by atoms with E-state index in [0.717, 1.165) is 51.1 Å². The minimum absolute atomic E-state index is 0.0681. The fourth-order valence-electron chi connectivity index (χ4n) is 5.49. The zero-order valence-electron chi connectivity index (χ0n) is 26.1. The van der Waals surface area contributed by atoms with Crippen LogP contribution in [0, 0.1) is 0 Å². The molecule has 1 aromatic heterocycles. The van der Waals surface area contributed by atoms with Gasteiger partial charge in [0.05, 0.1) is 20.8 Å². The molecule has 4 aromatic carbocycles. The van der Waals surface area contributed by atoms with E-state index in [2.05, 4.69) is 35.2 Å².